The Labute approximate surface area is 197 Å². The first-order valence-corrected chi connectivity index (χ1v) is 10.5. The minimum atomic E-state index is -2.90. The van der Waals surface area contributed by atoms with E-state index in [0.717, 1.165) is 24.2 Å². The second-order valence-corrected chi connectivity index (χ2v) is 8.65. The van der Waals surface area contributed by atoms with E-state index in [1.807, 2.05) is 13.8 Å². The minimum absolute atomic E-state index is 0.0961. The standard InChI is InChI=1S/C21H21ClF2N8O2/c1-21(2)8-11(12-9-26-15-7-13(22)31-32(15)17(12)21)19(33)28-14-6-10(18(23)24)16(20(29-14)34-3)30-27-5-4-25/h4-7,9,11,18,25,30H,8H2,1-3H3,(H,28,29,33)/b25-4?,27-5-. The van der Waals surface area contributed by atoms with Crippen molar-refractivity contribution < 1.29 is 18.3 Å². The van der Waals surface area contributed by atoms with Crippen molar-refractivity contribution in [2.24, 2.45) is 5.10 Å². The molecule has 0 aliphatic heterocycles. The Balaban J connectivity index is 1.69. The van der Waals surface area contributed by atoms with Crippen LogP contribution in [0.5, 0.6) is 5.88 Å². The molecule has 3 N–H and O–H groups in total. The van der Waals surface area contributed by atoms with Crippen LogP contribution in [-0.2, 0) is 10.2 Å². The summed E-state index contributed by atoms with van der Waals surface area (Å²) in [7, 11) is 1.26. The molecule has 3 aromatic heterocycles. The molecule has 3 aromatic rings. The summed E-state index contributed by atoms with van der Waals surface area (Å²) in [6.07, 6.45) is 1.11. The summed E-state index contributed by atoms with van der Waals surface area (Å²) in [5.41, 5.74) is 3.41. The maximum atomic E-state index is 13.8. The van der Waals surface area contributed by atoms with Crippen molar-refractivity contribution in [1.82, 2.24) is 19.6 Å². The fraction of sp³-hybridized carbons (Fsp3) is 0.333. The third kappa shape index (κ3) is 4.16. The van der Waals surface area contributed by atoms with Crippen LogP contribution < -0.4 is 15.5 Å². The zero-order valence-corrected chi connectivity index (χ0v) is 19.2. The number of carbonyl (C=O) groups excluding carboxylic acids is 1. The highest BCUT2D eigenvalue weighted by atomic mass is 35.5. The van der Waals surface area contributed by atoms with Crippen molar-refractivity contribution in [3.63, 3.8) is 0 Å². The number of nitrogens with zero attached hydrogens (tertiary/aromatic N) is 5. The number of rotatable bonds is 7. The highest BCUT2D eigenvalue weighted by Crippen LogP contribution is 2.46. The topological polar surface area (TPSA) is 130 Å². The molecule has 4 rings (SSSR count). The number of anilines is 2. The van der Waals surface area contributed by atoms with E-state index < -0.39 is 29.2 Å². The number of fused-ring (bicyclic) bond motifs is 3. The summed E-state index contributed by atoms with van der Waals surface area (Å²) in [5, 5.41) is 17.8. The minimum Gasteiger partial charge on any atom is -0.479 e. The van der Waals surface area contributed by atoms with Crippen LogP contribution in [-0.4, -0.2) is 45.0 Å². The van der Waals surface area contributed by atoms with Gasteiger partial charge in [-0.3, -0.25) is 10.2 Å². The Hall–Kier alpha value is -3.67. The van der Waals surface area contributed by atoms with Gasteiger partial charge in [0.05, 0.1) is 30.5 Å². The number of hydrogen-bond donors (Lipinski definition) is 3. The zero-order chi connectivity index (χ0) is 24.6. The van der Waals surface area contributed by atoms with Crippen LogP contribution in [0.15, 0.2) is 23.4 Å². The number of halogens is 3. The molecule has 1 aliphatic carbocycles. The van der Waals surface area contributed by atoms with E-state index in [4.69, 9.17) is 21.7 Å². The highest BCUT2D eigenvalue weighted by Gasteiger charge is 2.43. The number of alkyl halides is 2. The Morgan fingerprint density at radius 2 is 2.21 bits per heavy atom. The van der Waals surface area contributed by atoms with Crippen molar-refractivity contribution in [2.45, 2.75) is 38.0 Å². The molecule has 0 bridgehead atoms. The Kier molecular flexibility index (Phi) is 6.17. The fourth-order valence-electron chi connectivity index (χ4n) is 4.19. The second kappa shape index (κ2) is 8.93. The molecule has 0 saturated heterocycles. The van der Waals surface area contributed by atoms with E-state index >= 15 is 0 Å². The van der Waals surface area contributed by atoms with Gasteiger partial charge in [0.1, 0.15) is 11.5 Å². The molecule has 13 heteroatoms. The molecule has 178 valence electrons. The number of hydrogen-bond acceptors (Lipinski definition) is 8. The van der Waals surface area contributed by atoms with Crippen molar-refractivity contribution in [1.29, 1.82) is 5.41 Å². The molecule has 1 aliphatic rings. The lowest BCUT2D eigenvalue weighted by atomic mass is 9.88. The van der Waals surface area contributed by atoms with Gasteiger partial charge in [-0.2, -0.15) is 15.2 Å². The van der Waals surface area contributed by atoms with E-state index in [1.54, 1.807) is 16.8 Å². The van der Waals surface area contributed by atoms with Crippen molar-refractivity contribution in [3.8, 4) is 5.88 Å². The molecule has 1 unspecified atom stereocenters. The Morgan fingerprint density at radius 3 is 2.88 bits per heavy atom. The van der Waals surface area contributed by atoms with Crippen molar-refractivity contribution in [3.05, 3.63) is 40.3 Å². The fourth-order valence-corrected chi connectivity index (χ4v) is 4.36. The first-order chi connectivity index (χ1) is 16.2. The molecule has 3 heterocycles. The summed E-state index contributed by atoms with van der Waals surface area (Å²) in [4.78, 5) is 21.7. The molecule has 0 fully saturated rings. The Morgan fingerprint density at radius 1 is 1.44 bits per heavy atom. The van der Waals surface area contributed by atoms with Crippen molar-refractivity contribution >= 4 is 47.1 Å². The van der Waals surface area contributed by atoms with Gasteiger partial charge in [-0.1, -0.05) is 25.4 Å². The van der Waals surface area contributed by atoms with Gasteiger partial charge in [-0.05, 0) is 12.5 Å². The lowest BCUT2D eigenvalue weighted by molar-refractivity contribution is -0.117. The van der Waals surface area contributed by atoms with Crippen LogP contribution in [0.2, 0.25) is 5.15 Å². The van der Waals surface area contributed by atoms with Gasteiger partial charge in [0.15, 0.2) is 10.8 Å². The average molecular weight is 491 g/mol. The number of amides is 1. The van der Waals surface area contributed by atoms with E-state index in [1.165, 1.54) is 7.11 Å². The first kappa shape index (κ1) is 23.5. The van der Waals surface area contributed by atoms with Gasteiger partial charge >= 0.3 is 0 Å². The quantitative estimate of drug-likeness (QED) is 0.336. The summed E-state index contributed by atoms with van der Waals surface area (Å²) in [6, 6.07) is 2.69. The van der Waals surface area contributed by atoms with E-state index in [9.17, 15) is 13.6 Å². The molecule has 0 spiro atoms. The number of ether oxygens (including phenoxy) is 1. The summed E-state index contributed by atoms with van der Waals surface area (Å²) < 4.78 is 34.3. The lowest BCUT2D eigenvalue weighted by Crippen LogP contribution is -2.22. The predicted molar refractivity (Wildman–Crippen MR) is 124 cm³/mol. The van der Waals surface area contributed by atoms with Gasteiger partial charge in [0.25, 0.3) is 6.43 Å². The van der Waals surface area contributed by atoms with Crippen LogP contribution in [0.3, 0.4) is 0 Å². The molecule has 0 saturated carbocycles. The molecule has 34 heavy (non-hydrogen) atoms. The van der Waals surface area contributed by atoms with Gasteiger partial charge in [-0.25, -0.2) is 18.3 Å². The van der Waals surface area contributed by atoms with Crippen LogP contribution in [0.25, 0.3) is 5.65 Å². The first-order valence-electron chi connectivity index (χ1n) is 10.2. The largest absolute Gasteiger partial charge is 0.479 e. The zero-order valence-electron chi connectivity index (χ0n) is 18.4. The number of aromatic nitrogens is 4. The molecular formula is C21H21ClF2N8O2. The molecule has 1 atom stereocenters. The maximum absolute atomic E-state index is 13.8. The maximum Gasteiger partial charge on any atom is 0.266 e. The van der Waals surface area contributed by atoms with Gasteiger partial charge in [0.2, 0.25) is 11.8 Å². The molecule has 0 radical (unpaired) electrons. The van der Waals surface area contributed by atoms with Crippen LogP contribution in [0, 0.1) is 5.41 Å². The summed E-state index contributed by atoms with van der Waals surface area (Å²) in [5.74, 6) is -1.32. The van der Waals surface area contributed by atoms with Crippen LogP contribution >= 0.6 is 11.6 Å². The third-order valence-electron chi connectivity index (χ3n) is 5.55. The number of methoxy groups -OCH3 is 1. The van der Waals surface area contributed by atoms with E-state index in [-0.39, 0.29) is 17.4 Å². The summed E-state index contributed by atoms with van der Waals surface area (Å²) in [6.45, 7) is 3.97. The molecule has 0 aromatic carbocycles. The lowest BCUT2D eigenvalue weighted by Gasteiger charge is -2.19. The summed E-state index contributed by atoms with van der Waals surface area (Å²) >= 11 is 6.05. The number of hydrazone groups is 1. The van der Waals surface area contributed by atoms with Crippen LogP contribution in [0.1, 0.15) is 49.4 Å². The van der Waals surface area contributed by atoms with Crippen molar-refractivity contribution in [2.75, 3.05) is 17.9 Å². The second-order valence-electron chi connectivity index (χ2n) is 8.27. The normalized spacial score (nSPS) is 16.7. The molecule has 10 nitrogen and oxygen atoms in total. The van der Waals surface area contributed by atoms with E-state index in [0.29, 0.717) is 22.8 Å². The molecular weight excluding hydrogens is 470 g/mol. The number of nitrogens with one attached hydrogen (secondary N) is 3. The average Bonchev–Trinajstić information content (AvgIpc) is 3.29. The van der Waals surface area contributed by atoms with Gasteiger partial charge in [0, 0.05) is 29.5 Å². The smallest absolute Gasteiger partial charge is 0.266 e. The molecule has 1 amide bonds. The Bertz CT molecular complexity index is 1310. The van der Waals surface area contributed by atoms with Gasteiger partial charge < -0.3 is 15.5 Å². The predicted octanol–water partition coefficient (Wildman–Crippen LogP) is 4.17. The van der Waals surface area contributed by atoms with Crippen LogP contribution in [0.4, 0.5) is 20.3 Å². The third-order valence-corrected chi connectivity index (χ3v) is 5.74. The van der Waals surface area contributed by atoms with E-state index in [2.05, 4.69) is 30.9 Å². The highest BCUT2D eigenvalue weighted by molar-refractivity contribution is 6.29. The number of pyridine rings is 1. The monoisotopic (exact) mass is 490 g/mol. The number of carbonyl (C=O) groups is 1. The van der Waals surface area contributed by atoms with Gasteiger partial charge in [-0.15, -0.1) is 0 Å². The SMILES string of the molecule is COc1nc(NC(=O)C2CC(C)(C)c3c2cnc2cc(Cl)nn32)cc(C(F)F)c1N/N=C\C=N.